The van der Waals surface area contributed by atoms with Crippen LogP contribution in [-0.2, 0) is 11.3 Å². The van der Waals surface area contributed by atoms with Gasteiger partial charge in [-0.3, -0.25) is 4.79 Å². The predicted molar refractivity (Wildman–Crippen MR) is 110 cm³/mol. The van der Waals surface area contributed by atoms with Gasteiger partial charge >= 0.3 is 0 Å². The van der Waals surface area contributed by atoms with Gasteiger partial charge in [-0.05, 0) is 36.6 Å². The molecule has 0 saturated carbocycles. The number of hydrazone groups is 1. The Morgan fingerprint density at radius 2 is 2.17 bits per heavy atom. The fourth-order valence-corrected chi connectivity index (χ4v) is 3.78. The van der Waals surface area contributed by atoms with Crippen LogP contribution in [0.1, 0.15) is 42.0 Å². The highest BCUT2D eigenvalue weighted by atomic mass is 19.1. The SMILES string of the molecule is C=C(CCC(=O)N1N=CCC1c1cc(C)cc(F)c1)Cn1ccn2ncc(C#N)c12. The maximum Gasteiger partial charge on any atom is 0.243 e. The van der Waals surface area contributed by atoms with E-state index in [4.69, 9.17) is 0 Å². The molecule has 1 amide bonds. The van der Waals surface area contributed by atoms with Crippen molar-refractivity contribution in [3.63, 3.8) is 0 Å². The molecule has 1 unspecified atom stereocenters. The lowest BCUT2D eigenvalue weighted by atomic mass is 10.0. The third-order valence-corrected chi connectivity index (χ3v) is 5.17. The first-order valence-corrected chi connectivity index (χ1v) is 9.67. The number of nitriles is 1. The summed E-state index contributed by atoms with van der Waals surface area (Å²) < 4.78 is 17.3. The van der Waals surface area contributed by atoms with Crippen molar-refractivity contribution in [2.45, 2.75) is 38.8 Å². The van der Waals surface area contributed by atoms with Crippen LogP contribution in [0.15, 0.2) is 54.0 Å². The molecule has 0 bridgehead atoms. The van der Waals surface area contributed by atoms with Gasteiger partial charge in [-0.1, -0.05) is 18.2 Å². The molecule has 7 nitrogen and oxygen atoms in total. The van der Waals surface area contributed by atoms with Gasteiger partial charge in [-0.25, -0.2) is 13.9 Å². The van der Waals surface area contributed by atoms with E-state index >= 15 is 0 Å². The summed E-state index contributed by atoms with van der Waals surface area (Å²) in [5, 5.41) is 19.0. The molecular weight excluding hydrogens is 383 g/mol. The maximum atomic E-state index is 13.8. The summed E-state index contributed by atoms with van der Waals surface area (Å²) in [6, 6.07) is 6.65. The molecule has 152 valence electrons. The largest absolute Gasteiger partial charge is 0.326 e. The van der Waals surface area contributed by atoms with Crippen molar-refractivity contribution in [1.29, 1.82) is 5.26 Å². The van der Waals surface area contributed by atoms with E-state index in [0.717, 1.165) is 16.7 Å². The maximum absolute atomic E-state index is 13.8. The van der Waals surface area contributed by atoms with E-state index in [0.29, 0.717) is 30.6 Å². The molecule has 0 fully saturated rings. The average molecular weight is 404 g/mol. The number of benzene rings is 1. The number of imidazole rings is 1. The molecule has 0 aliphatic carbocycles. The van der Waals surface area contributed by atoms with Crippen LogP contribution in [0.5, 0.6) is 0 Å². The number of fused-ring (bicyclic) bond motifs is 1. The molecule has 2 aromatic heterocycles. The molecule has 0 N–H and O–H groups in total. The number of aromatic nitrogens is 3. The first kappa shape index (κ1) is 19.6. The quantitative estimate of drug-likeness (QED) is 0.587. The second-order valence-corrected chi connectivity index (χ2v) is 7.46. The molecule has 3 heterocycles. The van der Waals surface area contributed by atoms with Crippen LogP contribution in [0.2, 0.25) is 0 Å². The standard InChI is InChI=1S/C22H21FN6O/c1-15(14-27-7-8-28-22(27)18(12-24)13-26-28)3-4-21(30)29-20(5-6-25-29)17-9-16(2)10-19(23)11-17/h6-11,13,20H,1,3-5,14H2,2H3. The van der Waals surface area contributed by atoms with Crippen LogP contribution >= 0.6 is 0 Å². The van der Waals surface area contributed by atoms with Crippen molar-refractivity contribution in [1.82, 2.24) is 19.2 Å². The highest BCUT2D eigenvalue weighted by Gasteiger charge is 2.28. The van der Waals surface area contributed by atoms with Gasteiger partial charge in [-0.2, -0.15) is 15.5 Å². The summed E-state index contributed by atoms with van der Waals surface area (Å²) >= 11 is 0. The Hall–Kier alpha value is -3.73. The van der Waals surface area contributed by atoms with Gasteiger partial charge in [0.25, 0.3) is 0 Å². The van der Waals surface area contributed by atoms with E-state index in [2.05, 4.69) is 22.8 Å². The van der Waals surface area contributed by atoms with E-state index < -0.39 is 0 Å². The first-order chi connectivity index (χ1) is 14.5. The van der Waals surface area contributed by atoms with Crippen LogP contribution < -0.4 is 0 Å². The van der Waals surface area contributed by atoms with Gasteiger partial charge in [-0.15, -0.1) is 0 Å². The molecule has 8 heteroatoms. The number of hydrogen-bond donors (Lipinski definition) is 0. The zero-order valence-electron chi connectivity index (χ0n) is 16.6. The van der Waals surface area contributed by atoms with E-state index in [9.17, 15) is 14.4 Å². The van der Waals surface area contributed by atoms with Gasteiger partial charge in [0, 0.05) is 38.0 Å². The number of amides is 1. The Bertz CT molecular complexity index is 1180. The number of allylic oxidation sites excluding steroid dienone is 1. The van der Waals surface area contributed by atoms with Crippen LogP contribution in [0.3, 0.4) is 0 Å². The van der Waals surface area contributed by atoms with Gasteiger partial charge in [0.1, 0.15) is 17.4 Å². The van der Waals surface area contributed by atoms with E-state index in [1.54, 1.807) is 16.9 Å². The molecule has 1 aliphatic heterocycles. The topological polar surface area (TPSA) is 78.7 Å². The number of rotatable bonds is 6. The Labute approximate surface area is 173 Å². The second-order valence-electron chi connectivity index (χ2n) is 7.46. The Morgan fingerprint density at radius 1 is 1.33 bits per heavy atom. The summed E-state index contributed by atoms with van der Waals surface area (Å²) in [5.41, 5.74) is 3.61. The molecule has 0 spiro atoms. The lowest BCUT2D eigenvalue weighted by molar-refractivity contribution is -0.133. The number of carbonyl (C=O) groups is 1. The van der Waals surface area contributed by atoms with Crippen LogP contribution in [0.25, 0.3) is 5.65 Å². The summed E-state index contributed by atoms with van der Waals surface area (Å²) in [7, 11) is 0. The highest BCUT2D eigenvalue weighted by Crippen LogP contribution is 2.30. The Kier molecular flexibility index (Phi) is 5.19. The average Bonchev–Trinajstić information content (AvgIpc) is 3.42. The first-order valence-electron chi connectivity index (χ1n) is 9.67. The van der Waals surface area contributed by atoms with Crippen molar-refractivity contribution < 1.29 is 9.18 Å². The zero-order chi connectivity index (χ0) is 21.3. The van der Waals surface area contributed by atoms with E-state index in [1.807, 2.05) is 23.8 Å². The molecule has 1 aromatic carbocycles. The highest BCUT2D eigenvalue weighted by molar-refractivity contribution is 5.80. The van der Waals surface area contributed by atoms with Crippen LogP contribution in [0, 0.1) is 24.1 Å². The number of carbonyl (C=O) groups excluding carboxylic acids is 1. The van der Waals surface area contributed by atoms with Crippen molar-refractivity contribution in [3.05, 3.63) is 71.4 Å². The molecule has 4 rings (SSSR count). The summed E-state index contributed by atoms with van der Waals surface area (Å²) in [6.07, 6.45) is 8.13. The number of aryl methyl sites for hydroxylation is 1. The monoisotopic (exact) mass is 404 g/mol. The molecule has 0 saturated heterocycles. The Morgan fingerprint density at radius 3 is 2.93 bits per heavy atom. The van der Waals surface area contributed by atoms with Gasteiger partial charge in [0.05, 0.1) is 12.2 Å². The molecule has 30 heavy (non-hydrogen) atoms. The van der Waals surface area contributed by atoms with Crippen molar-refractivity contribution in [3.8, 4) is 6.07 Å². The summed E-state index contributed by atoms with van der Waals surface area (Å²) in [6.45, 7) is 6.40. The van der Waals surface area contributed by atoms with Crippen LogP contribution in [-0.4, -0.2) is 31.3 Å². The van der Waals surface area contributed by atoms with E-state index in [1.165, 1.54) is 23.3 Å². The fourth-order valence-electron chi connectivity index (χ4n) is 3.78. The van der Waals surface area contributed by atoms with Gasteiger partial charge in [0.2, 0.25) is 5.91 Å². The molecule has 0 radical (unpaired) electrons. The summed E-state index contributed by atoms with van der Waals surface area (Å²) in [5.74, 6) is -0.441. The third-order valence-electron chi connectivity index (χ3n) is 5.17. The zero-order valence-corrected chi connectivity index (χ0v) is 16.6. The molecule has 1 atom stereocenters. The van der Waals surface area contributed by atoms with Crippen molar-refractivity contribution >= 4 is 17.8 Å². The number of hydrogen-bond acceptors (Lipinski definition) is 4. The minimum atomic E-state index is -0.313. The minimum absolute atomic E-state index is 0.128. The number of nitrogens with zero attached hydrogens (tertiary/aromatic N) is 6. The lowest BCUT2D eigenvalue weighted by Crippen LogP contribution is -2.27. The molecular formula is C22H21FN6O. The van der Waals surface area contributed by atoms with Crippen molar-refractivity contribution in [2.75, 3.05) is 0 Å². The lowest BCUT2D eigenvalue weighted by Gasteiger charge is -2.23. The fraction of sp³-hybridized carbons (Fsp3) is 0.273. The number of halogens is 1. The van der Waals surface area contributed by atoms with Gasteiger partial charge in [0.15, 0.2) is 5.65 Å². The second kappa shape index (κ2) is 7.95. The van der Waals surface area contributed by atoms with E-state index in [-0.39, 0.29) is 24.2 Å². The normalized spacial score (nSPS) is 15.6. The smallest absolute Gasteiger partial charge is 0.243 e. The van der Waals surface area contributed by atoms with Crippen LogP contribution in [0.4, 0.5) is 4.39 Å². The molecule has 1 aliphatic rings. The Balaban J connectivity index is 1.40. The summed E-state index contributed by atoms with van der Waals surface area (Å²) in [4.78, 5) is 12.8. The minimum Gasteiger partial charge on any atom is -0.326 e. The predicted octanol–water partition coefficient (Wildman–Crippen LogP) is 3.75. The third kappa shape index (κ3) is 3.74. The molecule has 3 aromatic rings. The van der Waals surface area contributed by atoms with Crippen molar-refractivity contribution in [2.24, 2.45) is 5.10 Å². The van der Waals surface area contributed by atoms with Gasteiger partial charge < -0.3 is 4.57 Å².